The molecule has 14 heavy (non-hydrogen) atoms. The molecule has 0 fully saturated rings. The van der Waals surface area contributed by atoms with Gasteiger partial charge in [-0.3, -0.25) is 0 Å². The number of nitrogens with zero attached hydrogens (tertiary/aromatic N) is 3. The van der Waals surface area contributed by atoms with Gasteiger partial charge in [0.05, 0.1) is 5.69 Å². The van der Waals surface area contributed by atoms with Crippen molar-refractivity contribution in [1.29, 1.82) is 0 Å². The smallest absolute Gasteiger partial charge is 0.225 e. The molecule has 0 N–H and O–H groups in total. The highest BCUT2D eigenvalue weighted by atomic mass is 79.9. The molecule has 1 rings (SSSR count). The molecule has 0 aliphatic carbocycles. The third-order valence-corrected chi connectivity index (χ3v) is 2.58. The minimum absolute atomic E-state index is 0.434. The molecule has 0 aliphatic heterocycles. The van der Waals surface area contributed by atoms with E-state index in [0.717, 1.165) is 17.0 Å². The SMILES string of the molecule is CC(C)c1nc(N(C)C)ncc1CBr. The van der Waals surface area contributed by atoms with Crippen molar-refractivity contribution in [2.75, 3.05) is 19.0 Å². The van der Waals surface area contributed by atoms with Crippen LogP contribution in [0.15, 0.2) is 6.20 Å². The van der Waals surface area contributed by atoms with Gasteiger partial charge in [-0.1, -0.05) is 29.8 Å². The van der Waals surface area contributed by atoms with E-state index in [4.69, 9.17) is 0 Å². The van der Waals surface area contributed by atoms with Gasteiger partial charge < -0.3 is 4.90 Å². The van der Waals surface area contributed by atoms with E-state index in [2.05, 4.69) is 39.7 Å². The summed E-state index contributed by atoms with van der Waals surface area (Å²) in [5.41, 5.74) is 2.30. The van der Waals surface area contributed by atoms with Crippen molar-refractivity contribution in [3.8, 4) is 0 Å². The molecule has 1 heterocycles. The fourth-order valence-corrected chi connectivity index (χ4v) is 1.66. The Kier molecular flexibility index (Phi) is 3.86. The largest absolute Gasteiger partial charge is 0.347 e. The van der Waals surface area contributed by atoms with E-state index in [-0.39, 0.29) is 0 Å². The first-order chi connectivity index (χ1) is 6.56. The van der Waals surface area contributed by atoms with Crippen molar-refractivity contribution in [2.45, 2.75) is 25.1 Å². The van der Waals surface area contributed by atoms with E-state index in [9.17, 15) is 0 Å². The van der Waals surface area contributed by atoms with Crippen LogP contribution in [0.4, 0.5) is 5.95 Å². The van der Waals surface area contributed by atoms with Crippen LogP contribution in [0.2, 0.25) is 0 Å². The zero-order chi connectivity index (χ0) is 10.7. The highest BCUT2D eigenvalue weighted by Gasteiger charge is 2.10. The number of hydrogen-bond donors (Lipinski definition) is 0. The molecule has 78 valence electrons. The first-order valence-corrected chi connectivity index (χ1v) is 5.77. The van der Waals surface area contributed by atoms with Gasteiger partial charge in [-0.05, 0) is 5.92 Å². The molecule has 3 nitrogen and oxygen atoms in total. The van der Waals surface area contributed by atoms with Crippen molar-refractivity contribution in [3.63, 3.8) is 0 Å². The van der Waals surface area contributed by atoms with Gasteiger partial charge in [0.2, 0.25) is 5.95 Å². The molecule has 0 saturated heterocycles. The molecule has 0 atom stereocenters. The summed E-state index contributed by atoms with van der Waals surface area (Å²) in [5.74, 6) is 1.21. The van der Waals surface area contributed by atoms with E-state index in [1.54, 1.807) is 0 Å². The lowest BCUT2D eigenvalue weighted by Crippen LogP contribution is -2.14. The molecule has 0 unspecified atom stereocenters. The van der Waals surface area contributed by atoms with Crippen molar-refractivity contribution in [1.82, 2.24) is 9.97 Å². The van der Waals surface area contributed by atoms with Crippen LogP contribution in [0.3, 0.4) is 0 Å². The summed E-state index contributed by atoms with van der Waals surface area (Å²) in [7, 11) is 3.90. The third kappa shape index (κ3) is 2.44. The van der Waals surface area contributed by atoms with Gasteiger partial charge in [-0.25, -0.2) is 9.97 Å². The first-order valence-electron chi connectivity index (χ1n) is 4.65. The monoisotopic (exact) mass is 257 g/mol. The van der Waals surface area contributed by atoms with Crippen LogP contribution in [0.25, 0.3) is 0 Å². The van der Waals surface area contributed by atoms with Gasteiger partial charge in [0.15, 0.2) is 0 Å². The average molecular weight is 258 g/mol. The van der Waals surface area contributed by atoms with E-state index in [1.807, 2.05) is 25.2 Å². The maximum Gasteiger partial charge on any atom is 0.225 e. The van der Waals surface area contributed by atoms with Crippen LogP contribution in [-0.4, -0.2) is 24.1 Å². The molecule has 0 amide bonds. The number of halogens is 1. The van der Waals surface area contributed by atoms with Gasteiger partial charge in [0.1, 0.15) is 0 Å². The molecular formula is C10H16BrN3. The predicted molar refractivity (Wildman–Crippen MR) is 63.1 cm³/mol. The minimum atomic E-state index is 0.434. The quantitative estimate of drug-likeness (QED) is 0.780. The molecule has 0 bridgehead atoms. The average Bonchev–Trinajstić information content (AvgIpc) is 2.16. The summed E-state index contributed by atoms with van der Waals surface area (Å²) in [4.78, 5) is 10.7. The second kappa shape index (κ2) is 4.73. The molecule has 0 radical (unpaired) electrons. The Morgan fingerprint density at radius 3 is 2.50 bits per heavy atom. The van der Waals surface area contributed by atoms with Crippen molar-refractivity contribution >= 4 is 21.9 Å². The highest BCUT2D eigenvalue weighted by Crippen LogP contribution is 2.20. The highest BCUT2D eigenvalue weighted by molar-refractivity contribution is 9.08. The van der Waals surface area contributed by atoms with Crippen molar-refractivity contribution in [3.05, 3.63) is 17.5 Å². The van der Waals surface area contributed by atoms with Crippen LogP contribution >= 0.6 is 15.9 Å². The summed E-state index contributed by atoms with van der Waals surface area (Å²) < 4.78 is 0. The fourth-order valence-electron chi connectivity index (χ4n) is 1.23. The summed E-state index contributed by atoms with van der Waals surface area (Å²) in [6.07, 6.45) is 1.90. The Hall–Kier alpha value is -0.640. The second-order valence-corrected chi connectivity index (χ2v) is 4.32. The molecular weight excluding hydrogens is 242 g/mol. The van der Waals surface area contributed by atoms with Crippen LogP contribution < -0.4 is 4.90 Å². The summed E-state index contributed by atoms with van der Waals surface area (Å²) >= 11 is 3.44. The number of rotatable bonds is 3. The molecule has 0 spiro atoms. The normalized spacial score (nSPS) is 10.7. The van der Waals surface area contributed by atoms with Crippen LogP contribution in [-0.2, 0) is 5.33 Å². The van der Waals surface area contributed by atoms with Gasteiger partial charge >= 0.3 is 0 Å². The summed E-state index contributed by atoms with van der Waals surface area (Å²) in [5, 5.41) is 0.814. The molecule has 1 aromatic rings. The topological polar surface area (TPSA) is 29.0 Å². The summed E-state index contributed by atoms with van der Waals surface area (Å²) in [6, 6.07) is 0. The molecule has 0 aliphatic rings. The van der Waals surface area contributed by atoms with E-state index >= 15 is 0 Å². The zero-order valence-electron chi connectivity index (χ0n) is 9.08. The lowest BCUT2D eigenvalue weighted by Gasteiger charge is -2.15. The minimum Gasteiger partial charge on any atom is -0.347 e. The molecule has 4 heteroatoms. The Morgan fingerprint density at radius 1 is 1.43 bits per heavy atom. The summed E-state index contributed by atoms with van der Waals surface area (Å²) in [6.45, 7) is 4.29. The van der Waals surface area contributed by atoms with E-state index < -0.39 is 0 Å². The van der Waals surface area contributed by atoms with Crippen LogP contribution in [0.1, 0.15) is 31.0 Å². The van der Waals surface area contributed by atoms with Crippen LogP contribution in [0, 0.1) is 0 Å². The van der Waals surface area contributed by atoms with E-state index in [0.29, 0.717) is 5.92 Å². The van der Waals surface area contributed by atoms with Crippen LogP contribution in [0.5, 0.6) is 0 Å². The standard InChI is InChI=1S/C10H16BrN3/c1-7(2)9-8(5-11)6-12-10(13-9)14(3)4/h6-7H,5H2,1-4H3. The fraction of sp³-hybridized carbons (Fsp3) is 0.600. The maximum atomic E-state index is 4.53. The lowest BCUT2D eigenvalue weighted by molar-refractivity contribution is 0.793. The number of hydrogen-bond acceptors (Lipinski definition) is 3. The predicted octanol–water partition coefficient (Wildman–Crippen LogP) is 2.56. The second-order valence-electron chi connectivity index (χ2n) is 3.76. The van der Waals surface area contributed by atoms with Crippen molar-refractivity contribution in [2.24, 2.45) is 0 Å². The first kappa shape index (κ1) is 11.4. The third-order valence-electron chi connectivity index (χ3n) is 1.98. The van der Waals surface area contributed by atoms with Crippen molar-refractivity contribution < 1.29 is 0 Å². The maximum absolute atomic E-state index is 4.53. The number of aromatic nitrogens is 2. The zero-order valence-corrected chi connectivity index (χ0v) is 10.7. The molecule has 1 aromatic heterocycles. The Bertz CT molecular complexity index is 310. The number of alkyl halides is 1. The lowest BCUT2D eigenvalue weighted by atomic mass is 10.1. The van der Waals surface area contributed by atoms with Gasteiger partial charge in [0.25, 0.3) is 0 Å². The van der Waals surface area contributed by atoms with Gasteiger partial charge in [-0.2, -0.15) is 0 Å². The Balaban J connectivity index is 3.14. The number of anilines is 1. The van der Waals surface area contributed by atoms with E-state index in [1.165, 1.54) is 5.56 Å². The van der Waals surface area contributed by atoms with Gasteiger partial charge in [0, 0.05) is 31.2 Å². The molecule has 0 saturated carbocycles. The Morgan fingerprint density at radius 2 is 2.07 bits per heavy atom. The van der Waals surface area contributed by atoms with Gasteiger partial charge in [-0.15, -0.1) is 0 Å². The Labute approximate surface area is 93.7 Å². The molecule has 0 aromatic carbocycles.